The molecule has 94 valence electrons. The van der Waals surface area contributed by atoms with Crippen LogP contribution in [0.15, 0.2) is 48.5 Å². The van der Waals surface area contributed by atoms with Gasteiger partial charge in [-0.05, 0) is 18.6 Å². The Morgan fingerprint density at radius 1 is 1.00 bits per heavy atom. The standard InChI is InChI=1S/C15H15F2N/c1-11(12-6-3-2-4-7-12)18-10-13-8-5-9-14(16)15(13)17/h2-9,11,18H,10H2,1H3. The molecule has 0 radical (unpaired) electrons. The van der Waals surface area contributed by atoms with Gasteiger partial charge in [0.1, 0.15) is 0 Å². The Morgan fingerprint density at radius 3 is 2.44 bits per heavy atom. The molecule has 0 bridgehead atoms. The van der Waals surface area contributed by atoms with Crippen molar-refractivity contribution < 1.29 is 8.78 Å². The molecule has 2 aromatic carbocycles. The van der Waals surface area contributed by atoms with Gasteiger partial charge in [-0.3, -0.25) is 0 Å². The molecule has 0 aliphatic rings. The van der Waals surface area contributed by atoms with E-state index in [0.717, 1.165) is 11.6 Å². The van der Waals surface area contributed by atoms with E-state index in [2.05, 4.69) is 5.32 Å². The number of nitrogens with one attached hydrogen (secondary N) is 1. The van der Waals surface area contributed by atoms with Crippen LogP contribution in [0, 0.1) is 11.6 Å². The van der Waals surface area contributed by atoms with E-state index in [1.54, 1.807) is 6.07 Å². The van der Waals surface area contributed by atoms with Gasteiger partial charge in [0.05, 0.1) is 0 Å². The van der Waals surface area contributed by atoms with Crippen LogP contribution in [0.1, 0.15) is 24.1 Å². The Hall–Kier alpha value is -1.74. The number of hydrogen-bond donors (Lipinski definition) is 1. The van der Waals surface area contributed by atoms with Crippen molar-refractivity contribution in [2.45, 2.75) is 19.5 Å². The minimum Gasteiger partial charge on any atom is -0.306 e. The third-order valence-electron chi connectivity index (χ3n) is 2.93. The molecule has 0 fully saturated rings. The van der Waals surface area contributed by atoms with Crippen molar-refractivity contribution in [3.63, 3.8) is 0 Å². The lowest BCUT2D eigenvalue weighted by Crippen LogP contribution is -2.19. The predicted molar refractivity (Wildman–Crippen MR) is 68.1 cm³/mol. The first-order valence-corrected chi connectivity index (χ1v) is 5.89. The second-order valence-electron chi connectivity index (χ2n) is 4.23. The lowest BCUT2D eigenvalue weighted by atomic mass is 10.1. The highest BCUT2D eigenvalue weighted by atomic mass is 19.2. The summed E-state index contributed by atoms with van der Waals surface area (Å²) in [6.45, 7) is 2.30. The van der Waals surface area contributed by atoms with Crippen molar-refractivity contribution in [1.29, 1.82) is 0 Å². The molecule has 0 heterocycles. The van der Waals surface area contributed by atoms with Gasteiger partial charge in [0.2, 0.25) is 0 Å². The minimum atomic E-state index is -0.804. The molecule has 18 heavy (non-hydrogen) atoms. The van der Waals surface area contributed by atoms with Crippen molar-refractivity contribution in [3.05, 3.63) is 71.3 Å². The first-order chi connectivity index (χ1) is 8.68. The summed E-state index contributed by atoms with van der Waals surface area (Å²) in [5.41, 5.74) is 1.46. The summed E-state index contributed by atoms with van der Waals surface area (Å²) in [5, 5.41) is 3.18. The Labute approximate surface area is 105 Å². The van der Waals surface area contributed by atoms with E-state index >= 15 is 0 Å². The van der Waals surface area contributed by atoms with E-state index in [9.17, 15) is 8.78 Å². The van der Waals surface area contributed by atoms with E-state index in [0.29, 0.717) is 12.1 Å². The molecule has 0 aliphatic heterocycles. The van der Waals surface area contributed by atoms with E-state index in [1.807, 2.05) is 37.3 Å². The molecular formula is C15H15F2N. The average molecular weight is 247 g/mol. The molecule has 3 heteroatoms. The van der Waals surface area contributed by atoms with Gasteiger partial charge in [-0.25, -0.2) is 8.78 Å². The topological polar surface area (TPSA) is 12.0 Å². The predicted octanol–water partition coefficient (Wildman–Crippen LogP) is 3.82. The first-order valence-electron chi connectivity index (χ1n) is 5.89. The van der Waals surface area contributed by atoms with Crippen LogP contribution in [0.2, 0.25) is 0 Å². The summed E-state index contributed by atoms with van der Waals surface area (Å²) >= 11 is 0. The second kappa shape index (κ2) is 5.74. The zero-order chi connectivity index (χ0) is 13.0. The molecular weight excluding hydrogens is 232 g/mol. The summed E-state index contributed by atoms with van der Waals surface area (Å²) in [7, 11) is 0. The lowest BCUT2D eigenvalue weighted by molar-refractivity contribution is 0.484. The molecule has 1 atom stereocenters. The van der Waals surface area contributed by atoms with E-state index < -0.39 is 11.6 Å². The number of rotatable bonds is 4. The van der Waals surface area contributed by atoms with Crippen LogP contribution in [-0.2, 0) is 6.54 Å². The van der Waals surface area contributed by atoms with Crippen molar-refractivity contribution >= 4 is 0 Å². The van der Waals surface area contributed by atoms with Crippen molar-refractivity contribution in [1.82, 2.24) is 5.32 Å². The average Bonchev–Trinajstić information content (AvgIpc) is 2.41. The SMILES string of the molecule is CC(NCc1cccc(F)c1F)c1ccccc1. The Bertz CT molecular complexity index is 511. The first kappa shape index (κ1) is 12.7. The molecule has 1 unspecified atom stereocenters. The Balaban J connectivity index is 2.02. The molecule has 0 saturated heterocycles. The maximum absolute atomic E-state index is 13.4. The number of benzene rings is 2. The zero-order valence-corrected chi connectivity index (χ0v) is 10.2. The van der Waals surface area contributed by atoms with Crippen LogP contribution in [0.5, 0.6) is 0 Å². The van der Waals surface area contributed by atoms with E-state index in [4.69, 9.17) is 0 Å². The van der Waals surface area contributed by atoms with Gasteiger partial charge in [0.15, 0.2) is 11.6 Å². The van der Waals surface area contributed by atoms with Gasteiger partial charge in [-0.2, -0.15) is 0 Å². The largest absolute Gasteiger partial charge is 0.306 e. The van der Waals surface area contributed by atoms with Gasteiger partial charge in [-0.1, -0.05) is 42.5 Å². The summed E-state index contributed by atoms with van der Waals surface area (Å²) in [5.74, 6) is -1.58. The summed E-state index contributed by atoms with van der Waals surface area (Å²) < 4.78 is 26.5. The summed E-state index contributed by atoms with van der Waals surface area (Å²) in [6.07, 6.45) is 0. The summed E-state index contributed by atoms with van der Waals surface area (Å²) in [4.78, 5) is 0. The Kier molecular flexibility index (Phi) is 4.05. The third kappa shape index (κ3) is 2.93. The van der Waals surface area contributed by atoms with Gasteiger partial charge < -0.3 is 5.32 Å². The highest BCUT2D eigenvalue weighted by Gasteiger charge is 2.09. The van der Waals surface area contributed by atoms with Crippen LogP contribution in [0.4, 0.5) is 8.78 Å². The van der Waals surface area contributed by atoms with E-state index in [-0.39, 0.29) is 6.04 Å². The van der Waals surface area contributed by atoms with Crippen LogP contribution in [0.3, 0.4) is 0 Å². The molecule has 1 N–H and O–H groups in total. The van der Waals surface area contributed by atoms with Crippen molar-refractivity contribution in [2.24, 2.45) is 0 Å². The number of hydrogen-bond acceptors (Lipinski definition) is 1. The number of halogens is 2. The van der Waals surface area contributed by atoms with Gasteiger partial charge >= 0.3 is 0 Å². The quantitative estimate of drug-likeness (QED) is 0.866. The third-order valence-corrected chi connectivity index (χ3v) is 2.93. The molecule has 0 saturated carbocycles. The molecule has 0 aliphatic carbocycles. The highest BCUT2D eigenvalue weighted by molar-refractivity contribution is 5.21. The smallest absolute Gasteiger partial charge is 0.163 e. The lowest BCUT2D eigenvalue weighted by Gasteiger charge is -2.14. The second-order valence-corrected chi connectivity index (χ2v) is 4.23. The van der Waals surface area contributed by atoms with Crippen LogP contribution in [-0.4, -0.2) is 0 Å². The molecule has 0 aromatic heterocycles. The van der Waals surface area contributed by atoms with Crippen LogP contribution < -0.4 is 5.32 Å². The molecule has 2 aromatic rings. The minimum absolute atomic E-state index is 0.0915. The maximum atomic E-state index is 13.4. The highest BCUT2D eigenvalue weighted by Crippen LogP contribution is 2.15. The molecule has 0 spiro atoms. The molecule has 1 nitrogen and oxygen atoms in total. The van der Waals surface area contributed by atoms with Gasteiger partial charge in [-0.15, -0.1) is 0 Å². The van der Waals surface area contributed by atoms with Crippen molar-refractivity contribution in [3.8, 4) is 0 Å². The molecule has 2 rings (SSSR count). The normalized spacial score (nSPS) is 12.4. The molecule has 0 amide bonds. The fourth-order valence-corrected chi connectivity index (χ4v) is 1.81. The van der Waals surface area contributed by atoms with Crippen LogP contribution in [0.25, 0.3) is 0 Å². The fourth-order valence-electron chi connectivity index (χ4n) is 1.81. The van der Waals surface area contributed by atoms with Gasteiger partial charge in [0.25, 0.3) is 0 Å². The van der Waals surface area contributed by atoms with Gasteiger partial charge in [0, 0.05) is 18.2 Å². The maximum Gasteiger partial charge on any atom is 0.163 e. The fraction of sp³-hybridized carbons (Fsp3) is 0.200. The van der Waals surface area contributed by atoms with Crippen molar-refractivity contribution in [2.75, 3.05) is 0 Å². The zero-order valence-electron chi connectivity index (χ0n) is 10.2. The monoisotopic (exact) mass is 247 g/mol. The van der Waals surface area contributed by atoms with E-state index in [1.165, 1.54) is 6.07 Å². The summed E-state index contributed by atoms with van der Waals surface area (Å²) in [6, 6.07) is 14.2. The Morgan fingerprint density at radius 2 is 1.72 bits per heavy atom. The van der Waals surface area contributed by atoms with Crippen LogP contribution >= 0.6 is 0 Å².